The van der Waals surface area contributed by atoms with Gasteiger partial charge in [-0.1, -0.05) is 0 Å². The number of halogens is 2. The first kappa shape index (κ1) is 15.2. The summed E-state index contributed by atoms with van der Waals surface area (Å²) in [5.41, 5.74) is -1.07. The third kappa shape index (κ3) is 3.66. The molecule has 2 rings (SSSR count). The van der Waals surface area contributed by atoms with E-state index in [1.54, 1.807) is 0 Å². The number of rotatable bonds is 2. The summed E-state index contributed by atoms with van der Waals surface area (Å²) in [4.78, 5) is 24.2. The second kappa shape index (κ2) is 6.49. The minimum atomic E-state index is -1.54. The lowest BCUT2D eigenvalue weighted by Crippen LogP contribution is -2.37. The number of carbonyl (C=O) groups is 2. The number of carboxylic acid groups (broad SMARTS) is 1. The number of hydrogen-bond acceptors (Lipinski definition) is 3. The van der Waals surface area contributed by atoms with Crippen LogP contribution < -0.4 is 5.32 Å². The third-order valence-electron chi connectivity index (χ3n) is 3.04. The van der Waals surface area contributed by atoms with Gasteiger partial charge in [0.05, 0.1) is 17.9 Å². The minimum absolute atomic E-state index is 0.348. The summed E-state index contributed by atoms with van der Waals surface area (Å²) < 4.78 is 32.1. The first-order chi connectivity index (χ1) is 9.99. The quantitative estimate of drug-likeness (QED) is 0.874. The standard InChI is InChI=1S/C13H14F2N2O4/c14-9-7-10(15)11(6-8(9)12(18)19)16-13(20)17-2-1-4-21-5-3-17/h6-7H,1-5H2,(H,16,20)(H,18,19). The Kier molecular flexibility index (Phi) is 4.69. The molecule has 0 saturated carbocycles. The molecule has 1 aromatic carbocycles. The molecule has 6 nitrogen and oxygen atoms in total. The summed E-state index contributed by atoms with van der Waals surface area (Å²) in [6.45, 7) is 1.71. The Morgan fingerprint density at radius 2 is 1.95 bits per heavy atom. The predicted molar refractivity (Wildman–Crippen MR) is 69.3 cm³/mol. The molecule has 21 heavy (non-hydrogen) atoms. The van der Waals surface area contributed by atoms with Gasteiger partial charge in [0.25, 0.3) is 0 Å². The van der Waals surface area contributed by atoms with Gasteiger partial charge in [-0.15, -0.1) is 0 Å². The number of ether oxygens (including phenoxy) is 1. The van der Waals surface area contributed by atoms with Gasteiger partial charge in [0.1, 0.15) is 11.6 Å². The van der Waals surface area contributed by atoms with E-state index in [2.05, 4.69) is 5.32 Å². The van der Waals surface area contributed by atoms with Gasteiger partial charge in [-0.2, -0.15) is 0 Å². The van der Waals surface area contributed by atoms with E-state index in [0.717, 1.165) is 6.07 Å². The molecule has 8 heteroatoms. The zero-order valence-electron chi connectivity index (χ0n) is 11.1. The molecule has 0 radical (unpaired) electrons. The SMILES string of the molecule is O=C(O)c1cc(NC(=O)N2CCCOCC2)c(F)cc1F. The maximum atomic E-state index is 13.6. The third-order valence-corrected chi connectivity index (χ3v) is 3.04. The first-order valence-corrected chi connectivity index (χ1v) is 6.35. The lowest BCUT2D eigenvalue weighted by atomic mass is 10.2. The van der Waals surface area contributed by atoms with Gasteiger partial charge in [0.15, 0.2) is 0 Å². The summed E-state index contributed by atoms with van der Waals surface area (Å²) in [6, 6.07) is 0.617. The molecule has 1 aromatic rings. The molecule has 0 aliphatic carbocycles. The zero-order valence-corrected chi connectivity index (χ0v) is 11.1. The summed E-state index contributed by atoms with van der Waals surface area (Å²) in [7, 11) is 0. The topological polar surface area (TPSA) is 78.9 Å². The molecule has 1 fully saturated rings. The molecular weight excluding hydrogens is 286 g/mol. The van der Waals surface area contributed by atoms with Crippen LogP contribution in [-0.4, -0.2) is 48.3 Å². The number of amides is 2. The number of carboxylic acids is 1. The molecule has 2 N–H and O–H groups in total. The first-order valence-electron chi connectivity index (χ1n) is 6.35. The number of aromatic carboxylic acids is 1. The Labute approximate surface area is 119 Å². The summed E-state index contributed by atoms with van der Waals surface area (Å²) >= 11 is 0. The van der Waals surface area contributed by atoms with Gasteiger partial charge >= 0.3 is 12.0 Å². The Bertz CT molecular complexity index is 557. The molecule has 1 heterocycles. The van der Waals surface area contributed by atoms with Crippen molar-refractivity contribution in [2.45, 2.75) is 6.42 Å². The van der Waals surface area contributed by atoms with Gasteiger partial charge in [-0.25, -0.2) is 18.4 Å². The number of nitrogens with zero attached hydrogens (tertiary/aromatic N) is 1. The van der Waals surface area contributed by atoms with E-state index in [-0.39, 0.29) is 5.69 Å². The van der Waals surface area contributed by atoms with Crippen LogP contribution in [0.1, 0.15) is 16.8 Å². The van der Waals surface area contributed by atoms with Crippen molar-refractivity contribution in [1.82, 2.24) is 4.90 Å². The maximum absolute atomic E-state index is 13.6. The van der Waals surface area contributed by atoms with Crippen molar-refractivity contribution in [3.8, 4) is 0 Å². The smallest absolute Gasteiger partial charge is 0.338 e. The van der Waals surface area contributed by atoms with E-state index in [9.17, 15) is 18.4 Å². The highest BCUT2D eigenvalue weighted by atomic mass is 19.1. The molecule has 1 aliphatic rings. The van der Waals surface area contributed by atoms with Gasteiger partial charge in [0.2, 0.25) is 0 Å². The lowest BCUT2D eigenvalue weighted by Gasteiger charge is -2.20. The molecule has 0 spiro atoms. The molecule has 0 aromatic heterocycles. The molecule has 0 unspecified atom stereocenters. The monoisotopic (exact) mass is 300 g/mol. The summed E-state index contributed by atoms with van der Waals surface area (Å²) in [6.07, 6.45) is 0.652. The normalized spacial score (nSPS) is 15.4. The highest BCUT2D eigenvalue weighted by molar-refractivity contribution is 5.93. The van der Waals surface area contributed by atoms with E-state index in [0.29, 0.717) is 38.8 Å². The van der Waals surface area contributed by atoms with Crippen molar-refractivity contribution in [2.24, 2.45) is 0 Å². The van der Waals surface area contributed by atoms with Crippen molar-refractivity contribution in [2.75, 3.05) is 31.6 Å². The maximum Gasteiger partial charge on any atom is 0.338 e. The molecule has 0 atom stereocenters. The minimum Gasteiger partial charge on any atom is -0.478 e. The average molecular weight is 300 g/mol. The highest BCUT2D eigenvalue weighted by Crippen LogP contribution is 2.20. The number of hydrogen-bond donors (Lipinski definition) is 2. The van der Waals surface area contributed by atoms with Gasteiger partial charge in [0, 0.05) is 25.8 Å². The number of urea groups is 1. The summed E-state index contributed by atoms with van der Waals surface area (Å²) in [5.74, 6) is -3.76. The second-order valence-corrected chi connectivity index (χ2v) is 4.50. The fraction of sp³-hybridized carbons (Fsp3) is 0.385. The van der Waals surface area contributed by atoms with Crippen LogP contribution in [0.25, 0.3) is 0 Å². The summed E-state index contributed by atoms with van der Waals surface area (Å²) in [5, 5.41) is 11.1. The Morgan fingerprint density at radius 1 is 1.19 bits per heavy atom. The van der Waals surface area contributed by atoms with Crippen molar-refractivity contribution in [1.29, 1.82) is 0 Å². The van der Waals surface area contributed by atoms with Crippen LogP contribution in [0.2, 0.25) is 0 Å². The highest BCUT2D eigenvalue weighted by Gasteiger charge is 2.20. The van der Waals surface area contributed by atoms with E-state index in [1.807, 2.05) is 0 Å². The predicted octanol–water partition coefficient (Wildman–Crippen LogP) is 1.92. The second-order valence-electron chi connectivity index (χ2n) is 4.50. The van der Waals surface area contributed by atoms with Crippen molar-refractivity contribution in [3.63, 3.8) is 0 Å². The van der Waals surface area contributed by atoms with Crippen LogP contribution in [0.3, 0.4) is 0 Å². The number of anilines is 1. The molecule has 114 valence electrons. The fourth-order valence-electron chi connectivity index (χ4n) is 1.95. The van der Waals surface area contributed by atoms with Crippen LogP contribution in [-0.2, 0) is 4.74 Å². The van der Waals surface area contributed by atoms with Crippen LogP contribution in [0.4, 0.5) is 19.3 Å². The number of nitrogens with one attached hydrogen (secondary N) is 1. The van der Waals surface area contributed by atoms with Gasteiger partial charge in [-0.05, 0) is 12.5 Å². The van der Waals surface area contributed by atoms with E-state index in [4.69, 9.17) is 9.84 Å². The van der Waals surface area contributed by atoms with Crippen LogP contribution in [0, 0.1) is 11.6 Å². The molecule has 0 bridgehead atoms. The molecular formula is C13H14F2N2O4. The van der Waals surface area contributed by atoms with Crippen LogP contribution in [0.15, 0.2) is 12.1 Å². The van der Waals surface area contributed by atoms with E-state index < -0.39 is 29.2 Å². The van der Waals surface area contributed by atoms with Gasteiger partial charge < -0.3 is 20.1 Å². The largest absolute Gasteiger partial charge is 0.478 e. The fourth-order valence-corrected chi connectivity index (χ4v) is 1.95. The van der Waals surface area contributed by atoms with Crippen molar-refractivity contribution < 1.29 is 28.2 Å². The molecule has 1 saturated heterocycles. The molecule has 1 aliphatic heterocycles. The molecule has 2 amide bonds. The Balaban J connectivity index is 2.16. The van der Waals surface area contributed by atoms with Crippen LogP contribution in [0.5, 0.6) is 0 Å². The average Bonchev–Trinajstić information content (AvgIpc) is 2.70. The van der Waals surface area contributed by atoms with Crippen LogP contribution >= 0.6 is 0 Å². The Hall–Kier alpha value is -2.22. The number of carbonyl (C=O) groups excluding carboxylic acids is 1. The zero-order chi connectivity index (χ0) is 15.4. The number of benzene rings is 1. The van der Waals surface area contributed by atoms with Gasteiger partial charge in [-0.3, -0.25) is 0 Å². The van der Waals surface area contributed by atoms with E-state index >= 15 is 0 Å². The Morgan fingerprint density at radius 3 is 2.67 bits per heavy atom. The lowest BCUT2D eigenvalue weighted by molar-refractivity contribution is 0.0691. The van der Waals surface area contributed by atoms with Crippen molar-refractivity contribution in [3.05, 3.63) is 29.3 Å². The van der Waals surface area contributed by atoms with Crippen molar-refractivity contribution >= 4 is 17.7 Å². The van der Waals surface area contributed by atoms with E-state index in [1.165, 1.54) is 4.90 Å².